The minimum absolute atomic E-state index is 0.110. The molecule has 0 aromatic carbocycles. The highest BCUT2D eigenvalue weighted by molar-refractivity contribution is 5.66. The van der Waals surface area contributed by atoms with Crippen molar-refractivity contribution in [2.45, 2.75) is 63.6 Å². The number of ether oxygens (including phenoxy) is 2. The zero-order chi connectivity index (χ0) is 13.8. The van der Waals surface area contributed by atoms with Gasteiger partial charge in [0.2, 0.25) is 0 Å². The Morgan fingerprint density at radius 3 is 2.72 bits per heavy atom. The lowest BCUT2D eigenvalue weighted by atomic mass is 9.97. The second kappa shape index (κ2) is 6.47. The average Bonchev–Trinajstić information content (AvgIpc) is 2.26. The largest absolute Gasteiger partial charge is 0.481 e. The van der Waals surface area contributed by atoms with Crippen LogP contribution in [0.3, 0.4) is 0 Å². The van der Waals surface area contributed by atoms with Gasteiger partial charge in [0.25, 0.3) is 0 Å². The number of unbranched alkanes of at least 4 members (excludes halogenated alkanes) is 1. The van der Waals surface area contributed by atoms with Crippen LogP contribution >= 0.6 is 0 Å². The van der Waals surface area contributed by atoms with Crippen LogP contribution in [0, 0.1) is 0 Å². The van der Waals surface area contributed by atoms with E-state index < -0.39 is 30.1 Å². The van der Waals surface area contributed by atoms with Gasteiger partial charge in [0.1, 0.15) is 6.10 Å². The Morgan fingerprint density at radius 1 is 1.44 bits per heavy atom. The van der Waals surface area contributed by atoms with Gasteiger partial charge in [-0.05, 0) is 26.7 Å². The Hall–Kier alpha value is -0.690. The lowest BCUT2D eigenvalue weighted by molar-refractivity contribution is -0.326. The first-order chi connectivity index (χ1) is 8.35. The van der Waals surface area contributed by atoms with Crippen LogP contribution in [-0.4, -0.2) is 52.0 Å². The molecule has 0 aliphatic carbocycles. The molecule has 1 aliphatic heterocycles. The zero-order valence-corrected chi connectivity index (χ0v) is 10.8. The SMILES string of the molecule is CC1OC(C)(OCCCCC(=O)O)C(O)C[C@H]1O. The van der Waals surface area contributed by atoms with Crippen molar-refractivity contribution in [3.8, 4) is 0 Å². The smallest absolute Gasteiger partial charge is 0.303 e. The molecule has 0 spiro atoms. The fourth-order valence-electron chi connectivity index (χ4n) is 1.94. The van der Waals surface area contributed by atoms with Crippen LogP contribution in [0.15, 0.2) is 0 Å². The van der Waals surface area contributed by atoms with Gasteiger partial charge in [0, 0.05) is 12.8 Å². The molecule has 1 rings (SSSR count). The number of aliphatic hydroxyl groups excluding tert-OH is 2. The standard InChI is InChI=1S/C12H22O6/c1-8-9(13)7-10(14)12(2,18-8)17-6-4-3-5-11(15)16/h8-10,13-14H,3-7H2,1-2H3,(H,15,16)/t8?,9-,10?,12?/m1/s1. The highest BCUT2D eigenvalue weighted by Gasteiger charge is 2.44. The van der Waals surface area contributed by atoms with Gasteiger partial charge in [-0.3, -0.25) is 4.79 Å². The van der Waals surface area contributed by atoms with E-state index in [9.17, 15) is 15.0 Å². The number of aliphatic carboxylic acids is 1. The van der Waals surface area contributed by atoms with Gasteiger partial charge in [-0.1, -0.05) is 0 Å². The molecular weight excluding hydrogens is 240 g/mol. The molecule has 0 bridgehead atoms. The Morgan fingerprint density at radius 2 is 2.11 bits per heavy atom. The summed E-state index contributed by atoms with van der Waals surface area (Å²) in [5.74, 6) is -1.95. The minimum atomic E-state index is -1.12. The number of rotatable bonds is 6. The highest BCUT2D eigenvalue weighted by Crippen LogP contribution is 2.30. The monoisotopic (exact) mass is 262 g/mol. The van der Waals surface area contributed by atoms with E-state index in [-0.39, 0.29) is 12.8 Å². The maximum atomic E-state index is 10.3. The first-order valence-corrected chi connectivity index (χ1v) is 6.25. The van der Waals surface area contributed by atoms with Crippen LogP contribution in [0.4, 0.5) is 0 Å². The van der Waals surface area contributed by atoms with Crippen LogP contribution in [-0.2, 0) is 14.3 Å². The van der Waals surface area contributed by atoms with Gasteiger partial charge < -0.3 is 24.8 Å². The van der Waals surface area contributed by atoms with Crippen molar-refractivity contribution in [1.82, 2.24) is 0 Å². The number of carboxylic acids is 1. The van der Waals surface area contributed by atoms with Crippen LogP contribution in [0.1, 0.15) is 39.5 Å². The molecule has 0 aromatic heterocycles. The summed E-state index contributed by atoms with van der Waals surface area (Å²) in [6, 6.07) is 0. The number of carboxylic acid groups (broad SMARTS) is 1. The summed E-state index contributed by atoms with van der Waals surface area (Å²) in [6.45, 7) is 3.68. The summed E-state index contributed by atoms with van der Waals surface area (Å²) in [5, 5.41) is 27.9. The summed E-state index contributed by atoms with van der Waals surface area (Å²) in [6.07, 6.45) is -0.524. The normalized spacial score (nSPS) is 36.6. The quantitative estimate of drug-likeness (QED) is 0.603. The van der Waals surface area contributed by atoms with Crippen LogP contribution in [0.25, 0.3) is 0 Å². The number of hydrogen-bond donors (Lipinski definition) is 3. The lowest BCUT2D eigenvalue weighted by Crippen LogP contribution is -2.55. The molecule has 1 aliphatic rings. The molecule has 1 fully saturated rings. The van der Waals surface area contributed by atoms with Crippen LogP contribution < -0.4 is 0 Å². The van der Waals surface area contributed by atoms with Gasteiger partial charge in [-0.2, -0.15) is 0 Å². The number of carbonyl (C=O) groups is 1. The Balaban J connectivity index is 2.32. The third-order valence-electron chi connectivity index (χ3n) is 3.21. The first-order valence-electron chi connectivity index (χ1n) is 6.25. The zero-order valence-electron chi connectivity index (χ0n) is 10.8. The van der Waals surface area contributed by atoms with E-state index in [1.54, 1.807) is 13.8 Å². The topological polar surface area (TPSA) is 96.2 Å². The summed E-state index contributed by atoms with van der Waals surface area (Å²) in [5.41, 5.74) is 0. The highest BCUT2D eigenvalue weighted by atomic mass is 16.7. The molecule has 0 amide bonds. The predicted molar refractivity (Wildman–Crippen MR) is 63.0 cm³/mol. The van der Waals surface area contributed by atoms with E-state index in [2.05, 4.69) is 0 Å². The molecule has 3 unspecified atom stereocenters. The minimum Gasteiger partial charge on any atom is -0.481 e. The van der Waals surface area contributed by atoms with E-state index in [4.69, 9.17) is 14.6 Å². The number of aliphatic hydroxyl groups is 2. The summed E-state index contributed by atoms with van der Waals surface area (Å²) in [4.78, 5) is 10.3. The van der Waals surface area contributed by atoms with E-state index in [1.165, 1.54) is 0 Å². The molecule has 18 heavy (non-hydrogen) atoms. The van der Waals surface area contributed by atoms with Crippen LogP contribution in [0.5, 0.6) is 0 Å². The molecule has 106 valence electrons. The van der Waals surface area contributed by atoms with Crippen molar-refractivity contribution in [2.75, 3.05) is 6.61 Å². The summed E-state index contributed by atoms with van der Waals surface area (Å²) >= 11 is 0. The third-order valence-corrected chi connectivity index (χ3v) is 3.21. The van der Waals surface area contributed by atoms with E-state index in [0.29, 0.717) is 19.4 Å². The van der Waals surface area contributed by atoms with Crippen molar-refractivity contribution in [1.29, 1.82) is 0 Å². The molecule has 0 aromatic rings. The average molecular weight is 262 g/mol. The molecule has 3 N–H and O–H groups in total. The van der Waals surface area contributed by atoms with Gasteiger partial charge >= 0.3 is 5.97 Å². The van der Waals surface area contributed by atoms with Gasteiger partial charge in [0.15, 0.2) is 5.79 Å². The maximum Gasteiger partial charge on any atom is 0.303 e. The Labute approximate surface area is 107 Å². The second-order valence-corrected chi connectivity index (χ2v) is 4.86. The van der Waals surface area contributed by atoms with Crippen molar-refractivity contribution in [3.05, 3.63) is 0 Å². The molecule has 1 saturated heterocycles. The lowest BCUT2D eigenvalue weighted by Gasteiger charge is -2.43. The molecule has 6 heteroatoms. The summed E-state index contributed by atoms with van der Waals surface area (Å²) < 4.78 is 11.0. The molecule has 6 nitrogen and oxygen atoms in total. The van der Waals surface area contributed by atoms with E-state index >= 15 is 0 Å². The molecule has 1 heterocycles. The predicted octanol–water partition coefficient (Wildman–Crippen LogP) is 0.505. The molecule has 0 saturated carbocycles. The van der Waals surface area contributed by atoms with Crippen molar-refractivity contribution < 1.29 is 29.6 Å². The molecule has 4 atom stereocenters. The molecular formula is C12H22O6. The number of hydrogen-bond acceptors (Lipinski definition) is 5. The molecule has 0 radical (unpaired) electrons. The van der Waals surface area contributed by atoms with Gasteiger partial charge in [-0.15, -0.1) is 0 Å². The van der Waals surface area contributed by atoms with Gasteiger partial charge in [-0.25, -0.2) is 0 Å². The van der Waals surface area contributed by atoms with E-state index in [1.807, 2.05) is 0 Å². The van der Waals surface area contributed by atoms with E-state index in [0.717, 1.165) is 0 Å². The summed E-state index contributed by atoms with van der Waals surface area (Å²) in [7, 11) is 0. The Kier molecular flexibility index (Phi) is 5.52. The van der Waals surface area contributed by atoms with Crippen LogP contribution in [0.2, 0.25) is 0 Å². The first kappa shape index (κ1) is 15.4. The fraction of sp³-hybridized carbons (Fsp3) is 0.917. The third kappa shape index (κ3) is 4.20. The van der Waals surface area contributed by atoms with Gasteiger partial charge in [0.05, 0.1) is 18.8 Å². The van der Waals surface area contributed by atoms with Crippen molar-refractivity contribution in [2.24, 2.45) is 0 Å². The Bertz CT molecular complexity index is 282. The maximum absolute atomic E-state index is 10.3. The second-order valence-electron chi connectivity index (χ2n) is 4.86. The van der Waals surface area contributed by atoms with Crippen molar-refractivity contribution in [3.63, 3.8) is 0 Å². The fourth-order valence-corrected chi connectivity index (χ4v) is 1.94. The van der Waals surface area contributed by atoms with Crippen molar-refractivity contribution >= 4 is 5.97 Å².